The molecule has 20 heavy (non-hydrogen) atoms. The summed E-state index contributed by atoms with van der Waals surface area (Å²) in [5, 5.41) is 7.56. The lowest BCUT2D eigenvalue weighted by molar-refractivity contribution is 0.383. The molecule has 0 amide bonds. The van der Waals surface area contributed by atoms with Gasteiger partial charge in [-0.2, -0.15) is 5.10 Å². The highest BCUT2D eigenvalue weighted by atomic mass is 16.5. The van der Waals surface area contributed by atoms with Crippen molar-refractivity contribution in [2.45, 2.75) is 32.4 Å². The Morgan fingerprint density at radius 3 is 2.95 bits per heavy atom. The summed E-state index contributed by atoms with van der Waals surface area (Å²) in [6.45, 7) is 3.01. The molecule has 0 spiro atoms. The molecule has 2 heterocycles. The van der Waals surface area contributed by atoms with Gasteiger partial charge in [0.05, 0.1) is 7.11 Å². The van der Waals surface area contributed by atoms with Crippen LogP contribution in [0.2, 0.25) is 0 Å². The molecule has 0 radical (unpaired) electrons. The quantitative estimate of drug-likeness (QED) is 0.831. The highest BCUT2D eigenvalue weighted by Gasteiger charge is 2.18. The lowest BCUT2D eigenvalue weighted by Gasteiger charge is -2.18. The van der Waals surface area contributed by atoms with Crippen molar-refractivity contribution in [1.29, 1.82) is 0 Å². The first-order chi connectivity index (χ1) is 9.80. The van der Waals surface area contributed by atoms with Gasteiger partial charge in [0.1, 0.15) is 12.2 Å². The van der Waals surface area contributed by atoms with E-state index in [1.54, 1.807) is 19.6 Å². The van der Waals surface area contributed by atoms with Gasteiger partial charge < -0.3 is 10.1 Å². The Morgan fingerprint density at radius 2 is 2.25 bits per heavy atom. The zero-order chi connectivity index (χ0) is 14.4. The van der Waals surface area contributed by atoms with E-state index in [0.29, 0.717) is 5.88 Å². The first-order valence-corrected chi connectivity index (χ1v) is 6.83. The third kappa shape index (κ3) is 3.14. The second-order valence-corrected chi connectivity index (χ2v) is 4.55. The molecule has 6 nitrogen and oxygen atoms in total. The maximum Gasteiger partial charge on any atom is 0.217 e. The zero-order valence-corrected chi connectivity index (χ0v) is 12.2. The Hall–Kier alpha value is -1.95. The number of hydrogen-bond acceptors (Lipinski definition) is 5. The largest absolute Gasteiger partial charge is 0.481 e. The molecule has 0 aliphatic rings. The normalized spacial score (nSPS) is 12.3. The SMILES string of the molecule is CCCn1ncnc1CC(NC)c1cccnc1OC. The third-order valence-corrected chi connectivity index (χ3v) is 3.24. The van der Waals surface area contributed by atoms with Crippen LogP contribution in [0, 0.1) is 0 Å². The van der Waals surface area contributed by atoms with E-state index in [1.165, 1.54) is 0 Å². The van der Waals surface area contributed by atoms with Gasteiger partial charge in [-0.1, -0.05) is 13.0 Å². The summed E-state index contributed by atoms with van der Waals surface area (Å²) in [6, 6.07) is 4.03. The number of aryl methyl sites for hydroxylation is 1. The van der Waals surface area contributed by atoms with Crippen molar-refractivity contribution in [2.24, 2.45) is 0 Å². The van der Waals surface area contributed by atoms with Crippen LogP contribution in [0.4, 0.5) is 0 Å². The molecule has 2 aromatic rings. The molecule has 108 valence electrons. The van der Waals surface area contributed by atoms with Crippen molar-refractivity contribution in [3.05, 3.63) is 36.0 Å². The van der Waals surface area contributed by atoms with Crippen molar-refractivity contribution in [3.8, 4) is 5.88 Å². The van der Waals surface area contributed by atoms with Gasteiger partial charge >= 0.3 is 0 Å². The number of hydrogen-bond donors (Lipinski definition) is 1. The predicted octanol–water partition coefficient (Wildman–Crippen LogP) is 1.59. The second-order valence-electron chi connectivity index (χ2n) is 4.55. The molecule has 2 aromatic heterocycles. The van der Waals surface area contributed by atoms with Crippen LogP contribution < -0.4 is 10.1 Å². The maximum atomic E-state index is 5.33. The highest BCUT2D eigenvalue weighted by Crippen LogP contribution is 2.24. The molecular weight excluding hydrogens is 254 g/mol. The minimum absolute atomic E-state index is 0.0958. The average molecular weight is 275 g/mol. The van der Waals surface area contributed by atoms with E-state index < -0.39 is 0 Å². The van der Waals surface area contributed by atoms with Gasteiger partial charge in [-0.25, -0.2) is 9.97 Å². The molecule has 0 aliphatic carbocycles. The van der Waals surface area contributed by atoms with Crippen molar-refractivity contribution >= 4 is 0 Å². The van der Waals surface area contributed by atoms with E-state index >= 15 is 0 Å². The first kappa shape index (κ1) is 14.5. The molecule has 0 saturated heterocycles. The maximum absolute atomic E-state index is 5.33. The summed E-state index contributed by atoms with van der Waals surface area (Å²) in [5.41, 5.74) is 1.03. The molecule has 1 N–H and O–H groups in total. The number of aromatic nitrogens is 4. The van der Waals surface area contributed by atoms with Crippen molar-refractivity contribution in [3.63, 3.8) is 0 Å². The number of rotatable bonds is 7. The van der Waals surface area contributed by atoms with Crippen molar-refractivity contribution in [2.75, 3.05) is 14.2 Å². The number of ether oxygens (including phenoxy) is 1. The van der Waals surface area contributed by atoms with Gasteiger partial charge in [0.15, 0.2) is 0 Å². The number of methoxy groups -OCH3 is 1. The van der Waals surface area contributed by atoms with E-state index in [4.69, 9.17) is 4.74 Å². The minimum Gasteiger partial charge on any atom is -0.481 e. The van der Waals surface area contributed by atoms with E-state index in [2.05, 4.69) is 27.3 Å². The molecule has 1 atom stereocenters. The minimum atomic E-state index is 0.0958. The molecule has 6 heteroatoms. The number of nitrogens with one attached hydrogen (secondary N) is 1. The Bertz CT molecular complexity index is 540. The summed E-state index contributed by atoms with van der Waals surface area (Å²) in [5.74, 6) is 1.62. The van der Waals surface area contributed by atoms with Crippen molar-refractivity contribution in [1.82, 2.24) is 25.1 Å². The topological polar surface area (TPSA) is 64.9 Å². The number of nitrogens with zero attached hydrogens (tertiary/aromatic N) is 4. The summed E-state index contributed by atoms with van der Waals surface area (Å²) in [7, 11) is 3.57. The monoisotopic (exact) mass is 275 g/mol. The van der Waals surface area contributed by atoms with Crippen molar-refractivity contribution < 1.29 is 4.74 Å². The Balaban J connectivity index is 2.22. The van der Waals surface area contributed by atoms with E-state index in [-0.39, 0.29) is 6.04 Å². The molecule has 1 unspecified atom stereocenters. The molecule has 0 aromatic carbocycles. The lowest BCUT2D eigenvalue weighted by Crippen LogP contribution is -2.22. The average Bonchev–Trinajstić information content (AvgIpc) is 2.92. The summed E-state index contributed by atoms with van der Waals surface area (Å²) in [6.07, 6.45) is 5.13. The summed E-state index contributed by atoms with van der Waals surface area (Å²) < 4.78 is 7.28. The first-order valence-electron chi connectivity index (χ1n) is 6.83. The van der Waals surface area contributed by atoms with Crippen LogP contribution in [-0.4, -0.2) is 33.9 Å². The van der Waals surface area contributed by atoms with Crippen LogP contribution in [0.3, 0.4) is 0 Å². The zero-order valence-electron chi connectivity index (χ0n) is 12.2. The van der Waals surface area contributed by atoms with Crippen LogP contribution in [0.15, 0.2) is 24.7 Å². The standard InChI is InChI=1S/C14H21N5O/c1-4-8-19-13(17-10-18-19)9-12(15-2)11-6-5-7-16-14(11)20-3/h5-7,10,12,15H,4,8-9H2,1-3H3. The van der Waals surface area contributed by atoms with Crippen LogP contribution in [0.5, 0.6) is 5.88 Å². The van der Waals surface area contributed by atoms with Gasteiger partial charge in [-0.05, 0) is 19.5 Å². The molecule has 0 saturated carbocycles. The molecule has 0 bridgehead atoms. The third-order valence-electron chi connectivity index (χ3n) is 3.24. The van der Waals surface area contributed by atoms with Crippen LogP contribution in [-0.2, 0) is 13.0 Å². The van der Waals surface area contributed by atoms with Crippen LogP contribution in [0.25, 0.3) is 0 Å². The molecule has 0 fully saturated rings. The number of pyridine rings is 1. The van der Waals surface area contributed by atoms with Gasteiger partial charge in [0, 0.05) is 30.8 Å². The van der Waals surface area contributed by atoms with Gasteiger partial charge in [-0.15, -0.1) is 0 Å². The molecular formula is C14H21N5O. The van der Waals surface area contributed by atoms with E-state index in [9.17, 15) is 0 Å². The van der Waals surface area contributed by atoms with Gasteiger partial charge in [0.2, 0.25) is 5.88 Å². The van der Waals surface area contributed by atoms with Crippen LogP contribution in [0.1, 0.15) is 30.8 Å². The fourth-order valence-electron chi connectivity index (χ4n) is 2.23. The number of likely N-dealkylation sites (N-methyl/N-ethyl adjacent to an activating group) is 1. The molecule has 2 rings (SSSR count). The highest BCUT2D eigenvalue weighted by molar-refractivity contribution is 5.29. The van der Waals surface area contributed by atoms with Crippen LogP contribution >= 0.6 is 0 Å². The fraction of sp³-hybridized carbons (Fsp3) is 0.500. The molecule has 0 aliphatic heterocycles. The fourth-order valence-corrected chi connectivity index (χ4v) is 2.23. The van der Waals surface area contributed by atoms with Gasteiger partial charge in [-0.3, -0.25) is 4.68 Å². The predicted molar refractivity (Wildman–Crippen MR) is 76.6 cm³/mol. The Labute approximate surface area is 119 Å². The lowest BCUT2D eigenvalue weighted by atomic mass is 10.0. The van der Waals surface area contributed by atoms with E-state index in [1.807, 2.05) is 23.9 Å². The Morgan fingerprint density at radius 1 is 1.40 bits per heavy atom. The van der Waals surface area contributed by atoms with E-state index in [0.717, 1.165) is 30.8 Å². The smallest absolute Gasteiger partial charge is 0.217 e. The Kier molecular flexibility index (Phi) is 5.06. The summed E-state index contributed by atoms with van der Waals surface area (Å²) in [4.78, 5) is 8.60. The second kappa shape index (κ2) is 7.00. The van der Waals surface area contributed by atoms with Gasteiger partial charge in [0.25, 0.3) is 0 Å². The summed E-state index contributed by atoms with van der Waals surface area (Å²) >= 11 is 0.